The summed E-state index contributed by atoms with van der Waals surface area (Å²) < 4.78 is 55.5. The lowest BCUT2D eigenvalue weighted by atomic mass is 10.2. The lowest BCUT2D eigenvalue weighted by Gasteiger charge is -2.27. The molecule has 3 rings (SSSR count). The van der Waals surface area contributed by atoms with E-state index in [1.165, 1.54) is 0 Å². The molecule has 2 aliphatic heterocycles. The molecular weight excluding hydrogens is 376 g/mol. The predicted octanol–water partition coefficient (Wildman–Crippen LogP) is -0.144. The van der Waals surface area contributed by atoms with Gasteiger partial charge in [-0.3, -0.25) is 4.90 Å². The number of rotatable bonds is 6. The molecule has 1 N–H and O–H groups in total. The van der Waals surface area contributed by atoms with Crippen molar-refractivity contribution in [3.8, 4) is 0 Å². The van der Waals surface area contributed by atoms with Gasteiger partial charge in [-0.2, -0.15) is 0 Å². The molecule has 26 heavy (non-hydrogen) atoms. The molecule has 2 aliphatic rings. The minimum Gasteiger partial charge on any atom is -0.379 e. The number of nitrogens with one attached hydrogen (secondary N) is 1. The molecule has 1 aromatic carbocycles. The highest BCUT2D eigenvalue weighted by molar-refractivity contribution is 7.96. The molecule has 2 atom stereocenters. The quantitative estimate of drug-likeness (QED) is 0.708. The van der Waals surface area contributed by atoms with Gasteiger partial charge < -0.3 is 10.1 Å². The summed E-state index contributed by atoms with van der Waals surface area (Å²) in [6.07, 6.45) is 0. The van der Waals surface area contributed by atoms with E-state index < -0.39 is 31.0 Å². The van der Waals surface area contributed by atoms with Gasteiger partial charge in [0, 0.05) is 32.2 Å². The summed E-state index contributed by atoms with van der Waals surface area (Å²) in [6.45, 7) is 6.26. The fourth-order valence-electron chi connectivity index (χ4n) is 3.45. The van der Waals surface area contributed by atoms with Crippen LogP contribution in [0.25, 0.3) is 0 Å². The molecular formula is C17H26N2O5S2. The van der Waals surface area contributed by atoms with Gasteiger partial charge in [0.1, 0.15) is 0 Å². The molecule has 0 unspecified atom stereocenters. The van der Waals surface area contributed by atoms with Crippen molar-refractivity contribution < 1.29 is 21.6 Å². The van der Waals surface area contributed by atoms with Crippen LogP contribution in [0, 0.1) is 6.92 Å². The summed E-state index contributed by atoms with van der Waals surface area (Å²) in [6, 6.07) is 6.00. The van der Waals surface area contributed by atoms with E-state index in [1.54, 1.807) is 24.3 Å². The molecule has 2 fully saturated rings. The van der Waals surface area contributed by atoms with E-state index in [1.807, 2.05) is 6.92 Å². The predicted molar refractivity (Wildman–Crippen MR) is 99.9 cm³/mol. The molecule has 146 valence electrons. The monoisotopic (exact) mass is 402 g/mol. The van der Waals surface area contributed by atoms with E-state index in [-0.39, 0.29) is 16.4 Å². The highest BCUT2D eigenvalue weighted by Gasteiger charge is 2.45. The number of morpholine rings is 1. The molecule has 0 aromatic heterocycles. The Morgan fingerprint density at radius 1 is 1.15 bits per heavy atom. The zero-order valence-electron chi connectivity index (χ0n) is 14.9. The van der Waals surface area contributed by atoms with Crippen molar-refractivity contribution in [2.24, 2.45) is 0 Å². The Bertz CT molecular complexity index is 815. The van der Waals surface area contributed by atoms with Crippen molar-refractivity contribution >= 4 is 19.7 Å². The number of hydrogen-bond donors (Lipinski definition) is 1. The summed E-state index contributed by atoms with van der Waals surface area (Å²) in [5.74, 6) is -0.454. The van der Waals surface area contributed by atoms with Gasteiger partial charge in [0.15, 0.2) is 19.7 Å². The molecule has 0 aliphatic carbocycles. The first kappa shape index (κ1) is 19.8. The molecule has 0 bridgehead atoms. The molecule has 0 spiro atoms. The lowest BCUT2D eigenvalue weighted by molar-refractivity contribution is 0.0382. The smallest absolute Gasteiger partial charge is 0.183 e. The normalized spacial score (nSPS) is 26.8. The number of sulfone groups is 2. The van der Waals surface area contributed by atoms with E-state index in [2.05, 4.69) is 10.2 Å². The number of nitrogens with zero attached hydrogens (tertiary/aromatic N) is 1. The second-order valence-corrected chi connectivity index (χ2v) is 11.3. The molecule has 1 aromatic rings. The van der Waals surface area contributed by atoms with Crippen LogP contribution in [0.15, 0.2) is 29.2 Å². The van der Waals surface area contributed by atoms with Crippen LogP contribution in [0.3, 0.4) is 0 Å². The summed E-state index contributed by atoms with van der Waals surface area (Å²) in [5.41, 5.74) is 0.961. The van der Waals surface area contributed by atoms with Crippen LogP contribution in [-0.4, -0.2) is 83.9 Å². The second-order valence-electron chi connectivity index (χ2n) is 6.99. The third kappa shape index (κ3) is 4.64. The first-order chi connectivity index (χ1) is 12.3. The Morgan fingerprint density at radius 3 is 2.46 bits per heavy atom. The fraction of sp³-hybridized carbons (Fsp3) is 0.647. The molecule has 2 saturated heterocycles. The third-order valence-electron chi connectivity index (χ3n) is 4.99. The maximum atomic E-state index is 13.0. The lowest BCUT2D eigenvalue weighted by Crippen LogP contribution is -2.47. The average Bonchev–Trinajstić information content (AvgIpc) is 2.92. The van der Waals surface area contributed by atoms with Gasteiger partial charge in [0.05, 0.1) is 34.9 Å². The maximum Gasteiger partial charge on any atom is 0.183 e. The van der Waals surface area contributed by atoms with Crippen LogP contribution in [0.1, 0.15) is 5.56 Å². The van der Waals surface area contributed by atoms with E-state index in [9.17, 15) is 16.8 Å². The summed E-state index contributed by atoms with van der Waals surface area (Å²) in [5, 5.41) is 2.24. The first-order valence-corrected chi connectivity index (χ1v) is 12.2. The van der Waals surface area contributed by atoms with E-state index >= 15 is 0 Å². The number of aryl methyl sites for hydroxylation is 1. The van der Waals surface area contributed by atoms with E-state index in [0.717, 1.165) is 25.2 Å². The van der Waals surface area contributed by atoms with Gasteiger partial charge in [-0.25, -0.2) is 16.8 Å². The largest absolute Gasteiger partial charge is 0.379 e. The van der Waals surface area contributed by atoms with Gasteiger partial charge in [0.25, 0.3) is 0 Å². The third-order valence-corrected chi connectivity index (χ3v) is 9.15. The van der Waals surface area contributed by atoms with Gasteiger partial charge in [0.2, 0.25) is 0 Å². The minimum absolute atomic E-state index is 0.133. The zero-order chi connectivity index (χ0) is 18.8. The average molecular weight is 403 g/mol. The molecule has 0 saturated carbocycles. The van der Waals surface area contributed by atoms with Crippen LogP contribution < -0.4 is 5.32 Å². The van der Waals surface area contributed by atoms with Gasteiger partial charge >= 0.3 is 0 Å². The summed E-state index contributed by atoms with van der Waals surface area (Å²) in [7, 11) is -7.08. The highest BCUT2D eigenvalue weighted by Crippen LogP contribution is 2.26. The molecule has 9 heteroatoms. The fourth-order valence-corrected chi connectivity index (χ4v) is 8.16. The van der Waals surface area contributed by atoms with Crippen LogP contribution in [0.4, 0.5) is 0 Å². The Balaban J connectivity index is 1.70. The minimum atomic E-state index is -3.71. The topological polar surface area (TPSA) is 92.8 Å². The van der Waals surface area contributed by atoms with Crippen molar-refractivity contribution in [1.82, 2.24) is 10.2 Å². The van der Waals surface area contributed by atoms with Crippen molar-refractivity contribution in [2.75, 3.05) is 50.9 Å². The standard InChI is InChI=1S/C17H26N2O5S2/c1-14-2-4-15(5-3-14)26(22,23)17-13-25(20,21)12-16(17)18-6-7-19-8-10-24-11-9-19/h2-5,16-18H,6-13H2,1H3/t16-,17-/m0/s1. The van der Waals surface area contributed by atoms with Crippen molar-refractivity contribution in [3.63, 3.8) is 0 Å². The van der Waals surface area contributed by atoms with E-state index in [4.69, 9.17) is 4.74 Å². The van der Waals surface area contributed by atoms with Crippen molar-refractivity contribution in [1.29, 1.82) is 0 Å². The molecule has 0 amide bonds. The Labute approximate surface area is 155 Å². The molecule has 0 radical (unpaired) electrons. The van der Waals surface area contributed by atoms with Crippen LogP contribution >= 0.6 is 0 Å². The van der Waals surface area contributed by atoms with Crippen LogP contribution in [0.5, 0.6) is 0 Å². The van der Waals surface area contributed by atoms with Gasteiger partial charge in [-0.05, 0) is 19.1 Å². The zero-order valence-corrected chi connectivity index (χ0v) is 16.6. The molecule has 2 heterocycles. The maximum absolute atomic E-state index is 13.0. The highest BCUT2D eigenvalue weighted by atomic mass is 32.2. The van der Waals surface area contributed by atoms with Gasteiger partial charge in [-0.15, -0.1) is 0 Å². The number of hydrogen-bond acceptors (Lipinski definition) is 7. The van der Waals surface area contributed by atoms with Crippen LogP contribution in [-0.2, 0) is 24.4 Å². The summed E-state index contributed by atoms with van der Waals surface area (Å²) >= 11 is 0. The van der Waals surface area contributed by atoms with Gasteiger partial charge in [-0.1, -0.05) is 17.7 Å². The van der Waals surface area contributed by atoms with E-state index in [0.29, 0.717) is 19.8 Å². The SMILES string of the molecule is Cc1ccc(S(=O)(=O)[C@H]2CS(=O)(=O)C[C@@H]2NCCN2CCOCC2)cc1. The first-order valence-electron chi connectivity index (χ1n) is 8.82. The Hall–Kier alpha value is -1.00. The Kier molecular flexibility index (Phi) is 6.03. The summed E-state index contributed by atoms with van der Waals surface area (Å²) in [4.78, 5) is 2.41. The number of ether oxygens (including phenoxy) is 1. The number of benzene rings is 1. The van der Waals surface area contributed by atoms with Crippen LogP contribution in [0.2, 0.25) is 0 Å². The van der Waals surface area contributed by atoms with Crippen molar-refractivity contribution in [2.45, 2.75) is 23.1 Å². The Morgan fingerprint density at radius 2 is 1.81 bits per heavy atom. The second kappa shape index (κ2) is 7.93. The molecule has 7 nitrogen and oxygen atoms in total. The van der Waals surface area contributed by atoms with Crippen molar-refractivity contribution in [3.05, 3.63) is 29.8 Å².